The number of benzene rings is 2. The van der Waals surface area contributed by atoms with Crippen LogP contribution in [0, 0.1) is 0 Å². The second-order valence-corrected chi connectivity index (χ2v) is 5.63. The van der Waals surface area contributed by atoms with Crippen molar-refractivity contribution in [1.82, 2.24) is 5.32 Å². The van der Waals surface area contributed by atoms with E-state index in [1.54, 1.807) is 18.2 Å². The zero-order valence-corrected chi connectivity index (χ0v) is 13.9. The quantitative estimate of drug-likeness (QED) is 0.846. The molecule has 0 aromatic heterocycles. The van der Waals surface area contributed by atoms with Crippen LogP contribution in [0.4, 0.5) is 0 Å². The first kappa shape index (κ1) is 16.8. The Morgan fingerprint density at radius 2 is 1.80 bits per heavy atom. The third-order valence-corrected chi connectivity index (χ3v) is 3.79. The molecule has 1 N–H and O–H groups in total. The van der Waals surface area contributed by atoms with Crippen LogP contribution in [-0.2, 0) is 9.53 Å². The van der Waals surface area contributed by atoms with E-state index in [4.69, 9.17) is 14.2 Å². The summed E-state index contributed by atoms with van der Waals surface area (Å²) in [7, 11) is 0. The molecule has 0 saturated heterocycles. The molecule has 0 bridgehead atoms. The van der Waals surface area contributed by atoms with E-state index in [9.17, 15) is 9.59 Å². The van der Waals surface area contributed by atoms with Gasteiger partial charge in [0.25, 0.3) is 5.91 Å². The molecule has 25 heavy (non-hydrogen) atoms. The zero-order valence-electron chi connectivity index (χ0n) is 13.9. The summed E-state index contributed by atoms with van der Waals surface area (Å²) >= 11 is 0. The van der Waals surface area contributed by atoms with Gasteiger partial charge in [0.15, 0.2) is 18.1 Å². The van der Waals surface area contributed by atoms with Gasteiger partial charge in [0.1, 0.15) is 13.2 Å². The monoisotopic (exact) mass is 341 g/mol. The number of amides is 1. The van der Waals surface area contributed by atoms with Crippen LogP contribution >= 0.6 is 0 Å². The van der Waals surface area contributed by atoms with E-state index >= 15 is 0 Å². The normalized spacial score (nSPS) is 13.6. The molecule has 1 aliphatic heterocycles. The first-order chi connectivity index (χ1) is 12.1. The van der Waals surface area contributed by atoms with Crippen LogP contribution < -0.4 is 14.8 Å². The Labute approximate surface area is 145 Å². The fourth-order valence-electron chi connectivity index (χ4n) is 2.49. The summed E-state index contributed by atoms with van der Waals surface area (Å²) in [6.45, 7) is 2.45. The molecular weight excluding hydrogens is 322 g/mol. The number of nitrogens with one attached hydrogen (secondary N) is 1. The number of hydrogen-bond donors (Lipinski definition) is 1. The standard InChI is InChI=1S/C19H19NO5/c1-13(14-5-3-2-4-6-14)20-18(21)12-25-19(22)15-7-8-16-17(11-15)24-10-9-23-16/h2-8,11,13H,9-10,12H2,1H3,(H,20,21)/t13-/m0/s1. The number of hydrogen-bond acceptors (Lipinski definition) is 5. The number of esters is 1. The van der Waals surface area contributed by atoms with Crippen LogP contribution in [-0.4, -0.2) is 31.7 Å². The van der Waals surface area contributed by atoms with E-state index in [1.807, 2.05) is 37.3 Å². The summed E-state index contributed by atoms with van der Waals surface area (Å²) in [4.78, 5) is 24.1. The van der Waals surface area contributed by atoms with Crippen LogP contribution in [0.15, 0.2) is 48.5 Å². The van der Waals surface area contributed by atoms with E-state index in [0.717, 1.165) is 5.56 Å². The maximum atomic E-state index is 12.1. The molecule has 1 atom stereocenters. The minimum absolute atomic E-state index is 0.165. The van der Waals surface area contributed by atoms with Crippen molar-refractivity contribution in [2.24, 2.45) is 0 Å². The van der Waals surface area contributed by atoms with Gasteiger partial charge in [-0.25, -0.2) is 4.79 Å². The van der Waals surface area contributed by atoms with Crippen molar-refractivity contribution in [1.29, 1.82) is 0 Å². The van der Waals surface area contributed by atoms with Gasteiger partial charge in [0.2, 0.25) is 0 Å². The van der Waals surface area contributed by atoms with E-state index < -0.39 is 5.97 Å². The molecule has 0 unspecified atom stereocenters. The van der Waals surface area contributed by atoms with Crippen LogP contribution in [0.3, 0.4) is 0 Å². The van der Waals surface area contributed by atoms with Gasteiger partial charge in [-0.05, 0) is 30.7 Å². The first-order valence-electron chi connectivity index (χ1n) is 8.04. The molecule has 6 nitrogen and oxygen atoms in total. The molecule has 6 heteroatoms. The lowest BCUT2D eigenvalue weighted by atomic mass is 10.1. The molecule has 1 heterocycles. The number of carbonyl (C=O) groups excluding carboxylic acids is 2. The van der Waals surface area contributed by atoms with Crippen LogP contribution in [0.25, 0.3) is 0 Å². The van der Waals surface area contributed by atoms with Gasteiger partial charge in [-0.2, -0.15) is 0 Å². The smallest absolute Gasteiger partial charge is 0.338 e. The summed E-state index contributed by atoms with van der Waals surface area (Å²) in [5.41, 5.74) is 1.29. The lowest BCUT2D eigenvalue weighted by Gasteiger charge is -2.18. The maximum absolute atomic E-state index is 12.1. The third-order valence-electron chi connectivity index (χ3n) is 3.79. The van der Waals surface area contributed by atoms with E-state index in [2.05, 4.69) is 5.32 Å². The van der Waals surface area contributed by atoms with Crippen molar-refractivity contribution in [3.05, 3.63) is 59.7 Å². The maximum Gasteiger partial charge on any atom is 0.338 e. The van der Waals surface area contributed by atoms with Crippen LogP contribution in [0.2, 0.25) is 0 Å². The molecule has 0 fully saturated rings. The van der Waals surface area contributed by atoms with Gasteiger partial charge in [-0.1, -0.05) is 30.3 Å². The van der Waals surface area contributed by atoms with Crippen LogP contribution in [0.5, 0.6) is 11.5 Å². The van der Waals surface area contributed by atoms with Crippen molar-refractivity contribution >= 4 is 11.9 Å². The Bertz CT molecular complexity index is 760. The third kappa shape index (κ3) is 4.29. The molecule has 0 aliphatic carbocycles. The summed E-state index contributed by atoms with van der Waals surface area (Å²) in [5, 5.41) is 2.79. The van der Waals surface area contributed by atoms with Gasteiger partial charge >= 0.3 is 5.97 Å². The van der Waals surface area contributed by atoms with Gasteiger partial charge < -0.3 is 19.5 Å². The number of ether oxygens (including phenoxy) is 3. The van der Waals surface area contributed by atoms with E-state index in [0.29, 0.717) is 30.3 Å². The summed E-state index contributed by atoms with van der Waals surface area (Å²) in [5.74, 6) is 0.154. The number of rotatable bonds is 5. The first-order valence-corrected chi connectivity index (χ1v) is 8.04. The topological polar surface area (TPSA) is 73.9 Å². The second kappa shape index (κ2) is 7.70. The van der Waals surface area contributed by atoms with Crippen molar-refractivity contribution in [2.75, 3.05) is 19.8 Å². The molecule has 1 aliphatic rings. The van der Waals surface area contributed by atoms with Crippen molar-refractivity contribution in [3.63, 3.8) is 0 Å². The highest BCUT2D eigenvalue weighted by atomic mass is 16.6. The lowest BCUT2D eigenvalue weighted by molar-refractivity contribution is -0.124. The SMILES string of the molecule is C[C@H](NC(=O)COC(=O)c1ccc2c(c1)OCCO2)c1ccccc1. The number of carbonyl (C=O) groups is 2. The van der Waals surface area contributed by atoms with Gasteiger partial charge in [-0.3, -0.25) is 4.79 Å². The predicted octanol–water partition coefficient (Wildman–Crippen LogP) is 2.49. The number of fused-ring (bicyclic) bond motifs is 1. The van der Waals surface area contributed by atoms with E-state index in [1.165, 1.54) is 0 Å². The predicted molar refractivity (Wildman–Crippen MR) is 90.7 cm³/mol. The van der Waals surface area contributed by atoms with Gasteiger partial charge in [-0.15, -0.1) is 0 Å². The minimum atomic E-state index is -0.584. The zero-order chi connectivity index (χ0) is 17.6. The Morgan fingerprint density at radius 1 is 1.08 bits per heavy atom. The van der Waals surface area contributed by atoms with Gasteiger partial charge in [0, 0.05) is 0 Å². The molecule has 0 radical (unpaired) electrons. The summed E-state index contributed by atoms with van der Waals surface area (Å²) in [6.07, 6.45) is 0. The second-order valence-electron chi connectivity index (χ2n) is 5.63. The summed E-state index contributed by atoms with van der Waals surface area (Å²) in [6, 6.07) is 14.2. The fraction of sp³-hybridized carbons (Fsp3) is 0.263. The highest BCUT2D eigenvalue weighted by Gasteiger charge is 2.17. The minimum Gasteiger partial charge on any atom is -0.486 e. The largest absolute Gasteiger partial charge is 0.486 e. The van der Waals surface area contributed by atoms with Crippen molar-refractivity contribution < 1.29 is 23.8 Å². The average molecular weight is 341 g/mol. The van der Waals surface area contributed by atoms with Crippen molar-refractivity contribution in [2.45, 2.75) is 13.0 Å². The summed E-state index contributed by atoms with van der Waals surface area (Å²) < 4.78 is 15.9. The molecule has 2 aromatic rings. The molecule has 3 rings (SSSR count). The lowest BCUT2D eigenvalue weighted by Crippen LogP contribution is -2.31. The molecular formula is C19H19NO5. The molecule has 0 spiro atoms. The Kier molecular flexibility index (Phi) is 5.18. The highest BCUT2D eigenvalue weighted by molar-refractivity contribution is 5.92. The van der Waals surface area contributed by atoms with Crippen LogP contribution in [0.1, 0.15) is 28.9 Å². The van der Waals surface area contributed by atoms with Crippen molar-refractivity contribution in [3.8, 4) is 11.5 Å². The Morgan fingerprint density at radius 3 is 2.56 bits per heavy atom. The van der Waals surface area contributed by atoms with E-state index in [-0.39, 0.29) is 18.6 Å². The molecule has 1 amide bonds. The average Bonchev–Trinajstić information content (AvgIpc) is 2.66. The Balaban J connectivity index is 1.52. The molecule has 0 saturated carbocycles. The fourth-order valence-corrected chi connectivity index (χ4v) is 2.49. The Hall–Kier alpha value is -3.02. The molecule has 130 valence electrons. The van der Waals surface area contributed by atoms with Gasteiger partial charge in [0.05, 0.1) is 11.6 Å². The highest BCUT2D eigenvalue weighted by Crippen LogP contribution is 2.30. The molecule has 2 aromatic carbocycles.